The second-order valence-electron chi connectivity index (χ2n) is 5.39. The van der Waals surface area contributed by atoms with Crippen LogP contribution in [0.15, 0.2) is 11.1 Å². The summed E-state index contributed by atoms with van der Waals surface area (Å²) >= 11 is 0. The summed E-state index contributed by atoms with van der Waals surface area (Å²) in [6.07, 6.45) is 1.94. The van der Waals surface area contributed by atoms with Crippen LogP contribution in [0, 0.1) is 13.8 Å². The molecular formula is C16H31N5O2. The summed E-state index contributed by atoms with van der Waals surface area (Å²) in [6.45, 7) is 8.74. The quantitative estimate of drug-likeness (QED) is 0.362. The third kappa shape index (κ3) is 8.56. The molecule has 0 bridgehead atoms. The molecule has 1 heterocycles. The first kappa shape index (κ1) is 19.4. The molecular weight excluding hydrogens is 294 g/mol. The van der Waals surface area contributed by atoms with Gasteiger partial charge in [0.2, 0.25) is 0 Å². The van der Waals surface area contributed by atoms with E-state index in [1.807, 2.05) is 11.6 Å². The van der Waals surface area contributed by atoms with Crippen molar-refractivity contribution in [1.82, 2.24) is 20.4 Å². The van der Waals surface area contributed by atoms with Crippen LogP contribution in [-0.4, -0.2) is 62.8 Å². The third-order valence-electron chi connectivity index (χ3n) is 3.36. The van der Waals surface area contributed by atoms with E-state index >= 15 is 0 Å². The molecule has 0 aliphatic heterocycles. The van der Waals surface area contributed by atoms with Crippen LogP contribution >= 0.6 is 0 Å². The van der Waals surface area contributed by atoms with E-state index in [4.69, 9.17) is 9.47 Å². The fourth-order valence-electron chi connectivity index (χ4n) is 2.18. The number of rotatable bonds is 11. The Morgan fingerprint density at radius 2 is 1.91 bits per heavy atom. The second kappa shape index (κ2) is 11.9. The zero-order valence-electron chi connectivity index (χ0n) is 14.9. The molecule has 0 fully saturated rings. The Morgan fingerprint density at radius 3 is 2.52 bits per heavy atom. The summed E-state index contributed by atoms with van der Waals surface area (Å²) in [5.41, 5.74) is 2.28. The fraction of sp³-hybridized carbons (Fsp3) is 0.750. The van der Waals surface area contributed by atoms with Gasteiger partial charge in [-0.15, -0.1) is 0 Å². The molecule has 2 N–H and O–H groups in total. The lowest BCUT2D eigenvalue weighted by molar-refractivity contribution is 0.0698. The Morgan fingerprint density at radius 1 is 1.17 bits per heavy atom. The van der Waals surface area contributed by atoms with Gasteiger partial charge in [-0.05, 0) is 32.8 Å². The van der Waals surface area contributed by atoms with E-state index in [0.717, 1.165) is 50.7 Å². The van der Waals surface area contributed by atoms with Gasteiger partial charge >= 0.3 is 0 Å². The van der Waals surface area contributed by atoms with Gasteiger partial charge < -0.3 is 20.1 Å². The fourth-order valence-corrected chi connectivity index (χ4v) is 2.18. The first-order chi connectivity index (χ1) is 11.2. The average molecular weight is 325 g/mol. The highest BCUT2D eigenvalue weighted by Gasteiger charge is 2.01. The van der Waals surface area contributed by atoms with Crippen LogP contribution in [0.1, 0.15) is 24.2 Å². The molecule has 0 unspecified atom stereocenters. The number of aromatic nitrogens is 2. The Hall–Kier alpha value is -1.60. The van der Waals surface area contributed by atoms with Crippen molar-refractivity contribution in [2.24, 2.45) is 4.99 Å². The Kier molecular flexibility index (Phi) is 10.1. The smallest absolute Gasteiger partial charge is 0.190 e. The third-order valence-corrected chi connectivity index (χ3v) is 3.36. The molecule has 1 aromatic heterocycles. The topological polar surface area (TPSA) is 72.7 Å². The molecule has 0 saturated heterocycles. The molecule has 0 amide bonds. The highest BCUT2D eigenvalue weighted by molar-refractivity contribution is 5.79. The number of hydrogen-bond donors (Lipinski definition) is 2. The normalized spacial score (nSPS) is 11.7. The van der Waals surface area contributed by atoms with Gasteiger partial charge in [-0.25, -0.2) is 0 Å². The van der Waals surface area contributed by atoms with Crippen LogP contribution in [0.2, 0.25) is 0 Å². The van der Waals surface area contributed by atoms with E-state index in [1.165, 1.54) is 5.69 Å². The van der Waals surface area contributed by atoms with E-state index in [9.17, 15) is 0 Å². The molecule has 0 radical (unpaired) electrons. The zero-order valence-corrected chi connectivity index (χ0v) is 14.9. The van der Waals surface area contributed by atoms with Gasteiger partial charge in [0.1, 0.15) is 0 Å². The molecule has 0 spiro atoms. The van der Waals surface area contributed by atoms with Crippen molar-refractivity contribution in [3.8, 4) is 0 Å². The molecule has 0 saturated carbocycles. The number of aryl methyl sites for hydroxylation is 3. The van der Waals surface area contributed by atoms with Crippen molar-refractivity contribution in [2.75, 3.05) is 47.1 Å². The van der Waals surface area contributed by atoms with Gasteiger partial charge in [-0.1, -0.05) is 0 Å². The summed E-state index contributed by atoms with van der Waals surface area (Å²) in [5.74, 6) is 0.829. The zero-order chi connectivity index (χ0) is 16.9. The lowest BCUT2D eigenvalue weighted by Gasteiger charge is -2.12. The Balaban J connectivity index is 2.06. The first-order valence-electron chi connectivity index (χ1n) is 8.19. The van der Waals surface area contributed by atoms with Gasteiger partial charge in [0.25, 0.3) is 0 Å². The minimum Gasteiger partial charge on any atom is -0.382 e. The maximum absolute atomic E-state index is 5.42. The lowest BCUT2D eigenvalue weighted by Crippen LogP contribution is -2.38. The summed E-state index contributed by atoms with van der Waals surface area (Å²) < 4.78 is 12.4. The molecule has 1 rings (SSSR count). The lowest BCUT2D eigenvalue weighted by atomic mass is 10.4. The molecule has 1 aromatic rings. The molecule has 7 nitrogen and oxygen atoms in total. The number of guanidine groups is 1. The van der Waals surface area contributed by atoms with Gasteiger partial charge in [0, 0.05) is 46.1 Å². The van der Waals surface area contributed by atoms with Crippen LogP contribution < -0.4 is 10.6 Å². The van der Waals surface area contributed by atoms with Gasteiger partial charge in [0.15, 0.2) is 5.96 Å². The van der Waals surface area contributed by atoms with Gasteiger partial charge in [0.05, 0.1) is 18.9 Å². The summed E-state index contributed by atoms with van der Waals surface area (Å²) in [6, 6.07) is 2.10. The van der Waals surface area contributed by atoms with E-state index < -0.39 is 0 Å². The highest BCUT2D eigenvalue weighted by atomic mass is 16.5. The maximum Gasteiger partial charge on any atom is 0.190 e. The van der Waals surface area contributed by atoms with Crippen molar-refractivity contribution < 1.29 is 9.47 Å². The molecule has 132 valence electrons. The van der Waals surface area contributed by atoms with Crippen LogP contribution in [0.3, 0.4) is 0 Å². The Labute approximate surface area is 139 Å². The first-order valence-corrected chi connectivity index (χ1v) is 8.19. The molecule has 23 heavy (non-hydrogen) atoms. The minimum atomic E-state index is 0.645. The standard InChI is InChI=1S/C16H31N5O2/c1-14-13-15(2)21(20-14)9-5-7-18-16(17-3)19-8-6-10-23-12-11-22-4/h13H,5-12H2,1-4H3,(H2,17,18,19). The second-order valence-corrected chi connectivity index (χ2v) is 5.39. The number of aliphatic imine (C=N–C) groups is 1. The van der Waals surface area contributed by atoms with E-state index in [0.29, 0.717) is 13.2 Å². The SMILES string of the molecule is CN=C(NCCCOCCOC)NCCCn1nc(C)cc1C. The van der Waals surface area contributed by atoms with E-state index in [1.54, 1.807) is 14.2 Å². The summed E-state index contributed by atoms with van der Waals surface area (Å²) in [4.78, 5) is 4.21. The number of methoxy groups -OCH3 is 1. The van der Waals surface area contributed by atoms with Crippen LogP contribution in [0.5, 0.6) is 0 Å². The predicted molar refractivity (Wildman–Crippen MR) is 93.0 cm³/mol. The van der Waals surface area contributed by atoms with Crippen molar-refractivity contribution in [2.45, 2.75) is 33.2 Å². The molecule has 0 aliphatic rings. The number of ether oxygens (including phenoxy) is 2. The van der Waals surface area contributed by atoms with E-state index in [-0.39, 0.29) is 0 Å². The molecule has 0 aliphatic carbocycles. The van der Waals surface area contributed by atoms with Crippen LogP contribution in [0.25, 0.3) is 0 Å². The van der Waals surface area contributed by atoms with Gasteiger partial charge in [-0.2, -0.15) is 5.10 Å². The summed E-state index contributed by atoms with van der Waals surface area (Å²) in [7, 11) is 3.46. The molecule has 7 heteroatoms. The highest BCUT2D eigenvalue weighted by Crippen LogP contribution is 2.02. The number of nitrogens with zero attached hydrogens (tertiary/aromatic N) is 3. The predicted octanol–water partition coefficient (Wildman–Crippen LogP) is 1.11. The van der Waals surface area contributed by atoms with Crippen molar-refractivity contribution >= 4 is 5.96 Å². The molecule has 0 aromatic carbocycles. The van der Waals surface area contributed by atoms with Gasteiger partial charge in [-0.3, -0.25) is 9.67 Å². The number of hydrogen-bond acceptors (Lipinski definition) is 4. The minimum absolute atomic E-state index is 0.645. The summed E-state index contributed by atoms with van der Waals surface area (Å²) in [5, 5.41) is 11.1. The van der Waals surface area contributed by atoms with E-state index in [2.05, 4.69) is 33.7 Å². The van der Waals surface area contributed by atoms with Crippen LogP contribution in [0.4, 0.5) is 0 Å². The van der Waals surface area contributed by atoms with Crippen molar-refractivity contribution in [3.63, 3.8) is 0 Å². The number of nitrogens with one attached hydrogen (secondary N) is 2. The van der Waals surface area contributed by atoms with Crippen molar-refractivity contribution in [1.29, 1.82) is 0 Å². The van der Waals surface area contributed by atoms with Crippen LogP contribution in [-0.2, 0) is 16.0 Å². The Bertz CT molecular complexity index is 459. The van der Waals surface area contributed by atoms with Crippen molar-refractivity contribution in [3.05, 3.63) is 17.5 Å². The molecule has 0 atom stereocenters. The average Bonchev–Trinajstić information content (AvgIpc) is 2.86. The largest absolute Gasteiger partial charge is 0.382 e. The maximum atomic E-state index is 5.42. The monoisotopic (exact) mass is 325 g/mol.